The summed E-state index contributed by atoms with van der Waals surface area (Å²) in [6.07, 6.45) is 4.51. The maximum Gasteiger partial charge on any atom is 0.255 e. The zero-order valence-electron chi connectivity index (χ0n) is 22.4. The second kappa shape index (κ2) is 13.1. The molecule has 2 aromatic rings. The predicted octanol–water partition coefficient (Wildman–Crippen LogP) is 2.76. The molecular weight excluding hydrogens is 502 g/mol. The maximum atomic E-state index is 12.8. The van der Waals surface area contributed by atoms with Gasteiger partial charge in [0.2, 0.25) is 17.7 Å². The van der Waals surface area contributed by atoms with Gasteiger partial charge >= 0.3 is 0 Å². The van der Waals surface area contributed by atoms with Crippen LogP contribution >= 0.6 is 0 Å². The lowest BCUT2D eigenvalue weighted by Crippen LogP contribution is -2.52. The molecule has 2 N–H and O–H groups in total. The summed E-state index contributed by atoms with van der Waals surface area (Å²) in [6.45, 7) is 1.49. The van der Waals surface area contributed by atoms with Crippen molar-refractivity contribution in [2.75, 3.05) is 27.4 Å². The van der Waals surface area contributed by atoms with E-state index in [4.69, 9.17) is 14.2 Å². The number of hydrogen-bond acceptors (Lipinski definition) is 7. The van der Waals surface area contributed by atoms with Gasteiger partial charge in [0.25, 0.3) is 5.91 Å². The first kappa shape index (κ1) is 27.9. The normalized spacial score (nSPS) is 16.5. The highest BCUT2D eigenvalue weighted by atomic mass is 16.5. The van der Waals surface area contributed by atoms with E-state index in [1.54, 1.807) is 32.4 Å². The van der Waals surface area contributed by atoms with E-state index in [1.807, 2.05) is 18.2 Å². The molecular formula is C29H35N3O7. The topological polar surface area (TPSA) is 123 Å². The average Bonchev–Trinajstić information content (AvgIpc) is 3.25. The Balaban J connectivity index is 1.12. The molecule has 2 aromatic carbocycles. The molecule has 39 heavy (non-hydrogen) atoms. The van der Waals surface area contributed by atoms with E-state index in [-0.39, 0.29) is 30.6 Å². The molecule has 1 saturated heterocycles. The highest BCUT2D eigenvalue weighted by Gasteiger charge is 2.39. The van der Waals surface area contributed by atoms with Gasteiger partial charge in [0.15, 0.2) is 0 Å². The molecule has 10 heteroatoms. The van der Waals surface area contributed by atoms with E-state index < -0.39 is 11.9 Å². The van der Waals surface area contributed by atoms with Crippen molar-refractivity contribution in [3.8, 4) is 17.2 Å². The van der Waals surface area contributed by atoms with Gasteiger partial charge in [-0.1, -0.05) is 18.9 Å². The summed E-state index contributed by atoms with van der Waals surface area (Å²) in [7, 11) is 3.16. The number of amides is 4. The van der Waals surface area contributed by atoms with E-state index in [9.17, 15) is 19.2 Å². The first-order chi connectivity index (χ1) is 18.9. The third kappa shape index (κ3) is 7.07. The molecule has 2 aliphatic rings. The fraction of sp³-hybridized carbons (Fsp3) is 0.448. The molecule has 0 aliphatic carbocycles. The Hall–Kier alpha value is -4.08. The molecule has 0 saturated carbocycles. The molecule has 1 unspecified atom stereocenters. The summed E-state index contributed by atoms with van der Waals surface area (Å²) in [5, 5.41) is 5.27. The van der Waals surface area contributed by atoms with Crippen LogP contribution in [0, 0.1) is 0 Å². The average molecular weight is 538 g/mol. The van der Waals surface area contributed by atoms with E-state index in [1.165, 1.54) is 4.90 Å². The van der Waals surface area contributed by atoms with Crippen molar-refractivity contribution in [2.24, 2.45) is 0 Å². The van der Waals surface area contributed by atoms with Crippen molar-refractivity contribution in [3.05, 3.63) is 53.1 Å². The number of imide groups is 1. The molecule has 2 aliphatic heterocycles. The third-order valence-corrected chi connectivity index (χ3v) is 7.00. The van der Waals surface area contributed by atoms with Crippen LogP contribution < -0.4 is 24.8 Å². The Labute approximate surface area is 228 Å². The number of rotatable bonds is 13. The van der Waals surface area contributed by atoms with E-state index in [0.29, 0.717) is 48.9 Å². The van der Waals surface area contributed by atoms with Gasteiger partial charge in [0.1, 0.15) is 23.3 Å². The largest absolute Gasteiger partial charge is 0.497 e. The van der Waals surface area contributed by atoms with Crippen LogP contribution in [0.4, 0.5) is 0 Å². The fourth-order valence-electron chi connectivity index (χ4n) is 4.87. The van der Waals surface area contributed by atoms with Gasteiger partial charge in [-0.25, -0.2) is 0 Å². The molecule has 0 radical (unpaired) electrons. The molecule has 1 fully saturated rings. The second-order valence-electron chi connectivity index (χ2n) is 9.69. The number of unbranched alkanes of at least 4 members (excludes halogenated alkanes) is 3. The number of hydrogen-bond donors (Lipinski definition) is 2. The second-order valence-corrected chi connectivity index (χ2v) is 9.69. The van der Waals surface area contributed by atoms with Gasteiger partial charge in [0.05, 0.1) is 27.2 Å². The Morgan fingerprint density at radius 1 is 1.00 bits per heavy atom. The zero-order chi connectivity index (χ0) is 27.8. The number of methoxy groups -OCH3 is 2. The van der Waals surface area contributed by atoms with Gasteiger partial charge in [-0.3, -0.25) is 24.5 Å². The number of carbonyl (C=O) groups is 4. The number of ether oxygens (including phenoxy) is 3. The van der Waals surface area contributed by atoms with Crippen LogP contribution in [0.1, 0.15) is 60.0 Å². The van der Waals surface area contributed by atoms with Crippen LogP contribution in [0.25, 0.3) is 0 Å². The third-order valence-electron chi connectivity index (χ3n) is 7.00. The zero-order valence-corrected chi connectivity index (χ0v) is 22.4. The van der Waals surface area contributed by atoms with Crippen LogP contribution in [0.15, 0.2) is 36.4 Å². The lowest BCUT2D eigenvalue weighted by Gasteiger charge is -2.29. The molecule has 4 rings (SSSR count). The van der Waals surface area contributed by atoms with Gasteiger partial charge in [-0.2, -0.15) is 0 Å². The Morgan fingerprint density at radius 3 is 2.56 bits per heavy atom. The summed E-state index contributed by atoms with van der Waals surface area (Å²) in [6, 6.07) is 10.2. The Kier molecular flexibility index (Phi) is 9.40. The van der Waals surface area contributed by atoms with Crippen molar-refractivity contribution in [1.82, 2.24) is 15.5 Å². The summed E-state index contributed by atoms with van der Waals surface area (Å²) in [5.74, 6) is 1.04. The predicted molar refractivity (Wildman–Crippen MR) is 143 cm³/mol. The SMILES string of the molecule is COc1ccc(CC(=O)NCCCCCCOc2ccc3c(c2)CN(C2CCC(=O)NC2=O)C3=O)c(OC)c1. The molecule has 0 bridgehead atoms. The molecule has 10 nitrogen and oxygen atoms in total. The first-order valence-corrected chi connectivity index (χ1v) is 13.3. The Bertz CT molecular complexity index is 1230. The van der Waals surface area contributed by atoms with Crippen molar-refractivity contribution < 1.29 is 33.4 Å². The standard InChI is InChI=1S/C29H35N3O7/c1-37-21-8-7-19(25(17-21)38-2)16-27(34)30-13-5-3-4-6-14-39-22-9-10-23-20(15-22)18-32(29(23)36)24-11-12-26(33)31-28(24)35/h7-10,15,17,24H,3-6,11-14,16,18H2,1-2H3,(H,30,34)(H,31,33,35). The van der Waals surface area contributed by atoms with Crippen molar-refractivity contribution >= 4 is 23.6 Å². The number of benzene rings is 2. The summed E-state index contributed by atoms with van der Waals surface area (Å²) in [5.41, 5.74) is 2.21. The van der Waals surface area contributed by atoms with Crippen LogP contribution in [-0.4, -0.2) is 61.9 Å². The molecule has 2 heterocycles. The Morgan fingerprint density at radius 2 is 1.79 bits per heavy atom. The molecule has 0 aromatic heterocycles. The molecule has 208 valence electrons. The molecule has 1 atom stereocenters. The highest BCUT2D eigenvalue weighted by molar-refractivity contribution is 6.05. The van der Waals surface area contributed by atoms with Crippen LogP contribution in [0.3, 0.4) is 0 Å². The smallest absolute Gasteiger partial charge is 0.255 e. The van der Waals surface area contributed by atoms with Gasteiger partial charge in [-0.05, 0) is 49.1 Å². The minimum absolute atomic E-state index is 0.0481. The molecule has 0 spiro atoms. The lowest BCUT2D eigenvalue weighted by molar-refractivity contribution is -0.137. The summed E-state index contributed by atoms with van der Waals surface area (Å²) < 4.78 is 16.4. The summed E-state index contributed by atoms with van der Waals surface area (Å²) in [4.78, 5) is 50.2. The molecule has 4 amide bonds. The number of nitrogens with one attached hydrogen (secondary N) is 2. The fourth-order valence-corrected chi connectivity index (χ4v) is 4.87. The minimum atomic E-state index is -0.623. The van der Waals surface area contributed by atoms with Gasteiger partial charge < -0.3 is 24.4 Å². The highest BCUT2D eigenvalue weighted by Crippen LogP contribution is 2.30. The van der Waals surface area contributed by atoms with E-state index >= 15 is 0 Å². The van der Waals surface area contributed by atoms with Crippen LogP contribution in [0.2, 0.25) is 0 Å². The van der Waals surface area contributed by atoms with Gasteiger partial charge in [0, 0.05) is 36.7 Å². The van der Waals surface area contributed by atoms with Crippen molar-refractivity contribution in [3.63, 3.8) is 0 Å². The van der Waals surface area contributed by atoms with Crippen molar-refractivity contribution in [2.45, 2.75) is 57.5 Å². The lowest BCUT2D eigenvalue weighted by atomic mass is 10.0. The summed E-state index contributed by atoms with van der Waals surface area (Å²) >= 11 is 0. The first-order valence-electron chi connectivity index (χ1n) is 13.3. The monoisotopic (exact) mass is 537 g/mol. The van der Waals surface area contributed by atoms with Gasteiger partial charge in [-0.15, -0.1) is 0 Å². The number of piperidine rings is 1. The quantitative estimate of drug-likeness (QED) is 0.298. The number of nitrogens with zero attached hydrogens (tertiary/aromatic N) is 1. The van der Waals surface area contributed by atoms with Crippen molar-refractivity contribution in [1.29, 1.82) is 0 Å². The van der Waals surface area contributed by atoms with Crippen LogP contribution in [-0.2, 0) is 27.3 Å². The number of fused-ring (bicyclic) bond motifs is 1. The van der Waals surface area contributed by atoms with E-state index in [2.05, 4.69) is 10.6 Å². The van der Waals surface area contributed by atoms with Crippen LogP contribution in [0.5, 0.6) is 17.2 Å². The number of carbonyl (C=O) groups excluding carboxylic acids is 4. The minimum Gasteiger partial charge on any atom is -0.497 e. The maximum absolute atomic E-state index is 12.8. The van der Waals surface area contributed by atoms with E-state index in [0.717, 1.165) is 36.8 Å².